The van der Waals surface area contributed by atoms with Crippen LogP contribution in [-0.2, 0) is 0 Å². The Kier molecular flexibility index (Phi) is 6.88. The van der Waals surface area contributed by atoms with Gasteiger partial charge in [-0.25, -0.2) is 0 Å². The number of rotatable bonds is 7. The van der Waals surface area contributed by atoms with Gasteiger partial charge in [0.1, 0.15) is 5.75 Å². The van der Waals surface area contributed by atoms with Crippen molar-refractivity contribution in [2.75, 3.05) is 39.3 Å². The molecule has 4 heteroatoms. The van der Waals surface area contributed by atoms with E-state index in [0.717, 1.165) is 74.6 Å². The topological polar surface area (TPSA) is 44.7 Å². The van der Waals surface area contributed by atoms with E-state index in [1.807, 2.05) is 0 Å². The molecule has 0 amide bonds. The number of aryl methyl sites for hydroxylation is 1. The van der Waals surface area contributed by atoms with Gasteiger partial charge in [0, 0.05) is 32.7 Å². The summed E-state index contributed by atoms with van der Waals surface area (Å²) in [6, 6.07) is 2.08. The van der Waals surface area contributed by atoms with Crippen LogP contribution < -0.4 is 10.1 Å². The van der Waals surface area contributed by atoms with Crippen LogP contribution in [0, 0.1) is 20.8 Å². The summed E-state index contributed by atoms with van der Waals surface area (Å²) in [5.41, 5.74) is 4.54. The van der Waals surface area contributed by atoms with Crippen molar-refractivity contribution < 1.29 is 9.84 Å². The first-order valence-electron chi connectivity index (χ1n) is 8.89. The van der Waals surface area contributed by atoms with Crippen molar-refractivity contribution in [3.05, 3.63) is 28.3 Å². The smallest absolute Gasteiger partial charge is 0.122 e. The van der Waals surface area contributed by atoms with Gasteiger partial charge in [0.05, 0.1) is 12.7 Å². The molecule has 2 N–H and O–H groups in total. The van der Waals surface area contributed by atoms with Crippen molar-refractivity contribution in [3.8, 4) is 5.75 Å². The van der Waals surface area contributed by atoms with Gasteiger partial charge in [0.2, 0.25) is 0 Å². The maximum atomic E-state index is 10.7. The molecule has 0 spiro atoms. The average molecular weight is 320 g/mol. The van der Waals surface area contributed by atoms with Crippen molar-refractivity contribution in [3.63, 3.8) is 0 Å². The van der Waals surface area contributed by atoms with Gasteiger partial charge in [-0.3, -0.25) is 0 Å². The summed E-state index contributed by atoms with van der Waals surface area (Å²) in [4.78, 5) is 2.43. The van der Waals surface area contributed by atoms with Crippen LogP contribution in [0.2, 0.25) is 0 Å². The normalized spacial score (nSPS) is 17.3. The molecule has 0 radical (unpaired) electrons. The first-order valence-corrected chi connectivity index (χ1v) is 8.89. The van der Waals surface area contributed by atoms with Crippen LogP contribution in [0.3, 0.4) is 0 Å². The van der Waals surface area contributed by atoms with Crippen LogP contribution in [-0.4, -0.2) is 49.3 Å². The van der Waals surface area contributed by atoms with E-state index in [4.69, 9.17) is 4.74 Å². The Balaban J connectivity index is 2.06. The number of piperazine rings is 1. The van der Waals surface area contributed by atoms with Crippen LogP contribution in [0.15, 0.2) is 6.07 Å². The van der Waals surface area contributed by atoms with Crippen LogP contribution in [0.25, 0.3) is 0 Å². The minimum atomic E-state index is -0.399. The number of nitrogens with one attached hydrogen (secondary N) is 1. The zero-order chi connectivity index (χ0) is 16.8. The molecule has 1 aliphatic heterocycles. The molecule has 0 bridgehead atoms. The molecule has 1 atom stereocenters. The van der Waals surface area contributed by atoms with Gasteiger partial charge >= 0.3 is 0 Å². The van der Waals surface area contributed by atoms with Crippen LogP contribution in [0.4, 0.5) is 0 Å². The first-order chi connectivity index (χ1) is 11.0. The molecule has 1 fully saturated rings. The van der Waals surface area contributed by atoms with Crippen molar-refractivity contribution in [1.82, 2.24) is 10.2 Å². The van der Waals surface area contributed by atoms with Gasteiger partial charge in [-0.1, -0.05) is 6.92 Å². The molecule has 1 aromatic rings. The maximum Gasteiger partial charge on any atom is 0.122 e. The van der Waals surface area contributed by atoms with Gasteiger partial charge in [-0.05, 0) is 61.9 Å². The molecule has 4 nitrogen and oxygen atoms in total. The van der Waals surface area contributed by atoms with E-state index >= 15 is 0 Å². The Bertz CT molecular complexity index is 511. The second-order valence-corrected chi connectivity index (χ2v) is 6.60. The van der Waals surface area contributed by atoms with E-state index in [-0.39, 0.29) is 0 Å². The molecule has 23 heavy (non-hydrogen) atoms. The van der Waals surface area contributed by atoms with Gasteiger partial charge < -0.3 is 20.1 Å². The molecule has 2 rings (SSSR count). The minimum Gasteiger partial charge on any atom is -0.493 e. The molecule has 1 aliphatic rings. The Hall–Kier alpha value is -1.10. The van der Waals surface area contributed by atoms with E-state index in [0.29, 0.717) is 0 Å². The molecular weight excluding hydrogens is 288 g/mol. The Morgan fingerprint density at radius 1 is 1.22 bits per heavy atom. The van der Waals surface area contributed by atoms with E-state index < -0.39 is 6.10 Å². The third kappa shape index (κ3) is 4.69. The number of benzene rings is 1. The van der Waals surface area contributed by atoms with Crippen molar-refractivity contribution in [2.45, 2.75) is 46.6 Å². The van der Waals surface area contributed by atoms with E-state index in [1.165, 1.54) is 5.56 Å². The molecule has 0 aliphatic carbocycles. The highest BCUT2D eigenvalue weighted by molar-refractivity contribution is 5.49. The van der Waals surface area contributed by atoms with E-state index in [9.17, 15) is 5.11 Å². The summed E-state index contributed by atoms with van der Waals surface area (Å²) in [6.07, 6.45) is 1.40. The van der Waals surface area contributed by atoms with Gasteiger partial charge in [0.15, 0.2) is 0 Å². The summed E-state index contributed by atoms with van der Waals surface area (Å²) < 4.78 is 5.84. The lowest BCUT2D eigenvalue weighted by Gasteiger charge is -2.28. The molecule has 1 unspecified atom stereocenters. The largest absolute Gasteiger partial charge is 0.493 e. The molecule has 0 aromatic heterocycles. The predicted molar refractivity (Wildman–Crippen MR) is 95.3 cm³/mol. The summed E-state index contributed by atoms with van der Waals surface area (Å²) >= 11 is 0. The number of hydrogen-bond donors (Lipinski definition) is 2. The fraction of sp³-hybridized carbons (Fsp3) is 0.684. The fourth-order valence-corrected chi connectivity index (χ4v) is 3.32. The third-order valence-electron chi connectivity index (χ3n) is 4.83. The van der Waals surface area contributed by atoms with Crippen LogP contribution in [0.5, 0.6) is 5.75 Å². The second kappa shape index (κ2) is 8.67. The second-order valence-electron chi connectivity index (χ2n) is 6.60. The summed E-state index contributed by atoms with van der Waals surface area (Å²) in [6.45, 7) is 14.3. The highest BCUT2D eigenvalue weighted by Gasteiger charge is 2.19. The Morgan fingerprint density at radius 3 is 2.57 bits per heavy atom. The van der Waals surface area contributed by atoms with Crippen molar-refractivity contribution in [2.24, 2.45) is 0 Å². The zero-order valence-corrected chi connectivity index (χ0v) is 15.1. The van der Waals surface area contributed by atoms with Gasteiger partial charge in [0.25, 0.3) is 0 Å². The lowest BCUT2D eigenvalue weighted by molar-refractivity contribution is 0.135. The molecule has 1 aromatic carbocycles. The average Bonchev–Trinajstić information content (AvgIpc) is 2.56. The zero-order valence-electron chi connectivity index (χ0n) is 15.1. The summed E-state index contributed by atoms with van der Waals surface area (Å²) in [7, 11) is 0. The minimum absolute atomic E-state index is 0.399. The van der Waals surface area contributed by atoms with Gasteiger partial charge in [-0.2, -0.15) is 0 Å². The number of aliphatic hydroxyl groups excluding tert-OH is 1. The monoisotopic (exact) mass is 320 g/mol. The van der Waals surface area contributed by atoms with Crippen molar-refractivity contribution in [1.29, 1.82) is 0 Å². The summed E-state index contributed by atoms with van der Waals surface area (Å²) in [5, 5.41) is 14.1. The highest BCUT2D eigenvalue weighted by atomic mass is 16.5. The van der Waals surface area contributed by atoms with Gasteiger partial charge in [-0.15, -0.1) is 0 Å². The fourth-order valence-electron chi connectivity index (χ4n) is 3.32. The highest BCUT2D eigenvalue weighted by Crippen LogP contribution is 2.32. The predicted octanol–water partition coefficient (Wildman–Crippen LogP) is 2.73. The number of hydrogen-bond acceptors (Lipinski definition) is 4. The molecular formula is C19H32N2O2. The van der Waals surface area contributed by atoms with E-state index in [2.05, 4.69) is 44.0 Å². The summed E-state index contributed by atoms with van der Waals surface area (Å²) in [5.74, 6) is 0.958. The Labute approximate surface area is 140 Å². The van der Waals surface area contributed by atoms with Crippen molar-refractivity contribution >= 4 is 0 Å². The molecule has 1 heterocycles. The molecule has 1 saturated heterocycles. The van der Waals surface area contributed by atoms with E-state index in [1.54, 1.807) is 0 Å². The Morgan fingerprint density at radius 2 is 1.91 bits per heavy atom. The molecule has 0 saturated carbocycles. The quantitative estimate of drug-likeness (QED) is 0.811. The standard InChI is InChI=1S/C19H32N2O2/c1-5-12-23-18-13-14(2)19(16(4)15(18)3)17(22)6-9-21-10-7-20-8-11-21/h13,17,20,22H,5-12H2,1-4H3. The van der Waals surface area contributed by atoms with Crippen LogP contribution in [0.1, 0.15) is 48.1 Å². The van der Waals surface area contributed by atoms with Crippen LogP contribution >= 0.6 is 0 Å². The lowest BCUT2D eigenvalue weighted by atomic mass is 9.92. The lowest BCUT2D eigenvalue weighted by Crippen LogP contribution is -2.44. The SMILES string of the molecule is CCCOc1cc(C)c(C(O)CCN2CCNCC2)c(C)c1C. The number of nitrogens with zero attached hydrogens (tertiary/aromatic N) is 1. The molecule has 130 valence electrons. The number of ether oxygens (including phenoxy) is 1. The number of aliphatic hydroxyl groups is 1. The first kappa shape index (κ1) is 18.2. The third-order valence-corrected chi connectivity index (χ3v) is 4.83. The maximum absolute atomic E-state index is 10.7.